The molecule has 0 saturated carbocycles. The zero-order valence-electron chi connectivity index (χ0n) is 18.0. The molecule has 3 N–H and O–H groups in total. The fourth-order valence-electron chi connectivity index (χ4n) is 2.43. The first-order valence-electron chi connectivity index (χ1n) is 9.88. The van der Waals surface area contributed by atoms with E-state index in [1.807, 2.05) is 6.92 Å². The molecular weight excluding hydrogens is 436 g/mol. The van der Waals surface area contributed by atoms with Crippen molar-refractivity contribution in [2.45, 2.75) is 26.8 Å². The van der Waals surface area contributed by atoms with Gasteiger partial charge in [-0.05, 0) is 56.7 Å². The predicted octanol–water partition coefficient (Wildman–Crippen LogP) is 2.73. The van der Waals surface area contributed by atoms with Gasteiger partial charge in [-0.15, -0.1) is 0 Å². The molecule has 0 atom stereocenters. The van der Waals surface area contributed by atoms with E-state index < -0.39 is 11.8 Å². The van der Waals surface area contributed by atoms with Crippen LogP contribution in [0.3, 0.4) is 0 Å². The Hall–Kier alpha value is -3.59. The van der Waals surface area contributed by atoms with E-state index in [1.54, 1.807) is 56.3 Å². The highest BCUT2D eigenvalue weighted by Gasteiger charge is 2.13. The maximum Gasteiger partial charge on any atom is 0.329 e. The number of hydrogen-bond donors (Lipinski definition) is 3. The summed E-state index contributed by atoms with van der Waals surface area (Å²) in [7, 11) is 0. The summed E-state index contributed by atoms with van der Waals surface area (Å²) in [6.45, 7) is 5.42. The van der Waals surface area contributed by atoms with Crippen LogP contribution in [-0.4, -0.2) is 43.2 Å². The largest absolute Gasteiger partial charge is 0.490 e. The number of carbonyl (C=O) groups is 3. The van der Waals surface area contributed by atoms with Gasteiger partial charge in [0.1, 0.15) is 0 Å². The number of ether oxygens (including phenoxy) is 2. The van der Waals surface area contributed by atoms with Gasteiger partial charge in [-0.25, -0.2) is 5.43 Å². The Morgan fingerprint density at radius 1 is 1.06 bits per heavy atom. The molecule has 0 radical (unpaired) electrons. The Morgan fingerprint density at radius 2 is 1.81 bits per heavy atom. The average Bonchev–Trinajstić information content (AvgIpc) is 2.74. The highest BCUT2D eigenvalue weighted by atomic mass is 35.5. The quantitative estimate of drug-likeness (QED) is 0.302. The molecule has 0 spiro atoms. The second kappa shape index (κ2) is 12.3. The zero-order valence-corrected chi connectivity index (χ0v) is 18.7. The van der Waals surface area contributed by atoms with Crippen molar-refractivity contribution in [2.75, 3.05) is 18.5 Å². The molecule has 2 rings (SSSR count). The average molecular weight is 461 g/mol. The molecule has 0 aliphatic carbocycles. The molecule has 0 heterocycles. The lowest BCUT2D eigenvalue weighted by Crippen LogP contribution is -2.41. The van der Waals surface area contributed by atoms with Crippen molar-refractivity contribution in [2.24, 2.45) is 5.10 Å². The number of nitrogens with zero attached hydrogens (tertiary/aromatic N) is 1. The molecule has 0 unspecified atom stereocenters. The molecular formula is C22H25ClN4O5. The summed E-state index contributed by atoms with van der Waals surface area (Å²) in [6, 6.07) is 11.6. The second-order valence-corrected chi connectivity index (χ2v) is 7.19. The van der Waals surface area contributed by atoms with Crippen LogP contribution in [0.1, 0.15) is 26.3 Å². The summed E-state index contributed by atoms with van der Waals surface area (Å²) in [6.07, 6.45) is 1.36. The lowest BCUT2D eigenvalue weighted by atomic mass is 10.2. The van der Waals surface area contributed by atoms with Crippen LogP contribution in [0.15, 0.2) is 47.6 Å². The summed E-state index contributed by atoms with van der Waals surface area (Å²) in [4.78, 5) is 35.4. The first kappa shape index (κ1) is 24.7. The van der Waals surface area contributed by atoms with E-state index in [0.717, 1.165) is 0 Å². The Kier molecular flexibility index (Phi) is 9.49. The summed E-state index contributed by atoms with van der Waals surface area (Å²) in [5.41, 5.74) is 3.23. The van der Waals surface area contributed by atoms with E-state index in [2.05, 4.69) is 21.2 Å². The highest BCUT2D eigenvalue weighted by molar-refractivity contribution is 6.35. The van der Waals surface area contributed by atoms with Gasteiger partial charge in [0.25, 0.3) is 5.91 Å². The number of anilines is 1. The summed E-state index contributed by atoms with van der Waals surface area (Å²) < 4.78 is 11.1. The van der Waals surface area contributed by atoms with Crippen molar-refractivity contribution in [3.8, 4) is 11.5 Å². The molecule has 0 saturated heterocycles. The van der Waals surface area contributed by atoms with Crippen molar-refractivity contribution in [3.05, 3.63) is 53.1 Å². The number of para-hydroxylation sites is 1. The van der Waals surface area contributed by atoms with E-state index in [9.17, 15) is 14.4 Å². The van der Waals surface area contributed by atoms with Gasteiger partial charge in [-0.2, -0.15) is 5.10 Å². The first-order chi connectivity index (χ1) is 15.3. The number of benzene rings is 2. The van der Waals surface area contributed by atoms with Crippen LogP contribution in [0.25, 0.3) is 0 Å². The minimum Gasteiger partial charge on any atom is -0.490 e. The number of halogens is 1. The minimum atomic E-state index is -0.871. The Labute approximate surface area is 191 Å². The fraction of sp³-hybridized carbons (Fsp3) is 0.273. The summed E-state index contributed by atoms with van der Waals surface area (Å²) in [5.74, 6) is -1.27. The van der Waals surface area contributed by atoms with Crippen molar-refractivity contribution < 1.29 is 23.9 Å². The van der Waals surface area contributed by atoms with Gasteiger partial charge in [0.2, 0.25) is 0 Å². The van der Waals surface area contributed by atoms with Crippen LogP contribution in [0.4, 0.5) is 5.69 Å². The molecule has 0 aliphatic rings. The third-order valence-electron chi connectivity index (χ3n) is 3.78. The molecule has 10 heteroatoms. The third kappa shape index (κ3) is 7.92. The smallest absolute Gasteiger partial charge is 0.329 e. The molecule has 170 valence electrons. The first-order valence-corrected chi connectivity index (χ1v) is 10.3. The van der Waals surface area contributed by atoms with E-state index in [1.165, 1.54) is 6.21 Å². The summed E-state index contributed by atoms with van der Waals surface area (Å²) >= 11 is 6.03. The lowest BCUT2D eigenvalue weighted by Gasteiger charge is -2.13. The number of rotatable bonds is 9. The minimum absolute atomic E-state index is 0.162. The second-order valence-electron chi connectivity index (χ2n) is 6.78. The third-order valence-corrected chi connectivity index (χ3v) is 4.11. The summed E-state index contributed by atoms with van der Waals surface area (Å²) in [5, 5.41) is 9.33. The number of carbonyl (C=O) groups excluding carboxylic acids is 3. The van der Waals surface area contributed by atoms with Crippen LogP contribution in [0.2, 0.25) is 5.02 Å². The Morgan fingerprint density at radius 3 is 2.50 bits per heavy atom. The number of nitrogens with one attached hydrogen (secondary N) is 3. The van der Waals surface area contributed by atoms with Gasteiger partial charge in [0.15, 0.2) is 18.1 Å². The van der Waals surface area contributed by atoms with E-state index >= 15 is 0 Å². The maximum atomic E-state index is 12.2. The van der Waals surface area contributed by atoms with E-state index in [-0.39, 0.29) is 18.6 Å². The number of amides is 3. The molecule has 32 heavy (non-hydrogen) atoms. The SMILES string of the molecule is CCOc1cc(/C=N\NC(=O)C(=O)NC(C)C)ccc1OCC(=O)Nc1ccccc1Cl. The topological polar surface area (TPSA) is 118 Å². The van der Waals surface area contributed by atoms with E-state index in [4.69, 9.17) is 21.1 Å². The van der Waals surface area contributed by atoms with Crippen LogP contribution in [0.5, 0.6) is 11.5 Å². The van der Waals surface area contributed by atoms with Crippen molar-refractivity contribution in [1.29, 1.82) is 0 Å². The monoisotopic (exact) mass is 460 g/mol. The molecule has 2 aromatic carbocycles. The van der Waals surface area contributed by atoms with Crippen LogP contribution in [-0.2, 0) is 14.4 Å². The molecule has 0 aromatic heterocycles. The van der Waals surface area contributed by atoms with Crippen LogP contribution < -0.4 is 25.5 Å². The number of hydrazone groups is 1. The Balaban J connectivity index is 1.98. The lowest BCUT2D eigenvalue weighted by molar-refractivity contribution is -0.139. The number of hydrogen-bond acceptors (Lipinski definition) is 6. The van der Waals surface area contributed by atoms with Crippen molar-refractivity contribution in [1.82, 2.24) is 10.7 Å². The van der Waals surface area contributed by atoms with Crippen molar-refractivity contribution >= 4 is 41.2 Å². The maximum absolute atomic E-state index is 12.2. The molecule has 0 fully saturated rings. The Bertz CT molecular complexity index is 994. The van der Waals surface area contributed by atoms with Gasteiger partial charge in [0.05, 0.1) is 23.5 Å². The predicted molar refractivity (Wildman–Crippen MR) is 122 cm³/mol. The van der Waals surface area contributed by atoms with Gasteiger partial charge < -0.3 is 20.1 Å². The van der Waals surface area contributed by atoms with Gasteiger partial charge in [-0.3, -0.25) is 14.4 Å². The van der Waals surface area contributed by atoms with E-state index in [0.29, 0.717) is 34.4 Å². The molecule has 0 bridgehead atoms. The fourth-order valence-corrected chi connectivity index (χ4v) is 2.61. The van der Waals surface area contributed by atoms with Crippen LogP contribution in [0, 0.1) is 0 Å². The van der Waals surface area contributed by atoms with Crippen molar-refractivity contribution in [3.63, 3.8) is 0 Å². The molecule has 3 amide bonds. The van der Waals surface area contributed by atoms with Crippen LogP contribution >= 0.6 is 11.6 Å². The standard InChI is InChI=1S/C22H25ClN4O5/c1-4-31-19-11-15(12-24-27-22(30)21(29)25-14(2)3)9-10-18(19)32-13-20(28)26-17-8-6-5-7-16(17)23/h5-12,14H,4,13H2,1-3H3,(H,25,29)(H,26,28)(H,27,30)/b24-12-. The highest BCUT2D eigenvalue weighted by Crippen LogP contribution is 2.28. The van der Waals surface area contributed by atoms with Gasteiger partial charge >= 0.3 is 11.8 Å². The molecule has 9 nitrogen and oxygen atoms in total. The van der Waals surface area contributed by atoms with Gasteiger partial charge in [0, 0.05) is 6.04 Å². The molecule has 0 aliphatic heterocycles. The van der Waals surface area contributed by atoms with Gasteiger partial charge in [-0.1, -0.05) is 23.7 Å². The molecule has 2 aromatic rings. The normalized spacial score (nSPS) is 10.7. The zero-order chi connectivity index (χ0) is 23.5.